The Morgan fingerprint density at radius 1 is 1.47 bits per heavy atom. The molecular formula is C8H5IN4O4. The van der Waals surface area contributed by atoms with Crippen LogP contribution in [0.25, 0.3) is 0 Å². The highest BCUT2D eigenvalue weighted by Crippen LogP contribution is 2.18. The largest absolute Gasteiger partial charge is 0.463 e. The van der Waals surface area contributed by atoms with Gasteiger partial charge in [-0.2, -0.15) is 5.26 Å². The van der Waals surface area contributed by atoms with Crippen molar-refractivity contribution in [3.63, 3.8) is 0 Å². The molecule has 1 aromatic rings. The fourth-order valence-electron chi connectivity index (χ4n) is 0.913. The van der Waals surface area contributed by atoms with Crippen molar-refractivity contribution in [1.82, 2.24) is 9.99 Å². The van der Waals surface area contributed by atoms with E-state index in [2.05, 4.69) is 4.98 Å². The summed E-state index contributed by atoms with van der Waals surface area (Å²) in [5.74, 6) is -0.135. The molecule has 9 heteroatoms. The normalized spacial score (nSPS) is 9.18. The number of nitrogens with zero attached hydrogens (tertiary/aromatic N) is 3. The van der Waals surface area contributed by atoms with E-state index in [9.17, 15) is 9.59 Å². The molecule has 0 aromatic carbocycles. The summed E-state index contributed by atoms with van der Waals surface area (Å²) in [6, 6.07) is 3.34. The van der Waals surface area contributed by atoms with Crippen molar-refractivity contribution in [2.24, 2.45) is 0 Å². The van der Waals surface area contributed by atoms with Crippen LogP contribution in [0.5, 0.6) is 0 Å². The molecule has 0 aliphatic carbocycles. The van der Waals surface area contributed by atoms with E-state index in [0.717, 1.165) is 0 Å². The van der Waals surface area contributed by atoms with Crippen LogP contribution in [0.15, 0.2) is 12.3 Å². The first kappa shape index (κ1) is 13.0. The molecule has 1 aromatic heterocycles. The van der Waals surface area contributed by atoms with Crippen molar-refractivity contribution in [2.45, 2.75) is 0 Å². The zero-order valence-corrected chi connectivity index (χ0v) is 10.2. The Balaban J connectivity index is 3.11. The maximum atomic E-state index is 10.6. The maximum absolute atomic E-state index is 10.6. The lowest BCUT2D eigenvalue weighted by molar-refractivity contribution is 0.131. The molecule has 17 heavy (non-hydrogen) atoms. The number of halogens is 1. The van der Waals surface area contributed by atoms with E-state index in [1.54, 1.807) is 6.07 Å². The zero-order valence-electron chi connectivity index (χ0n) is 8.09. The van der Waals surface area contributed by atoms with Gasteiger partial charge in [-0.25, -0.2) is 14.6 Å². The molecule has 0 aliphatic heterocycles. The number of carboxylic acid groups (broad SMARTS) is 2. The van der Waals surface area contributed by atoms with Crippen molar-refractivity contribution in [3.8, 4) is 6.07 Å². The molecule has 0 unspecified atom stereocenters. The van der Waals surface area contributed by atoms with E-state index < -0.39 is 12.2 Å². The highest BCUT2D eigenvalue weighted by atomic mass is 127. The molecule has 1 rings (SSSR count). The topological polar surface area (TPSA) is 127 Å². The van der Waals surface area contributed by atoms with Gasteiger partial charge in [-0.3, -0.25) is 5.43 Å². The lowest BCUT2D eigenvalue weighted by Gasteiger charge is -2.15. The van der Waals surface area contributed by atoms with Gasteiger partial charge < -0.3 is 10.2 Å². The van der Waals surface area contributed by atoms with Gasteiger partial charge in [-0.05, 0) is 28.7 Å². The third-order valence-electron chi connectivity index (χ3n) is 1.61. The summed E-state index contributed by atoms with van der Waals surface area (Å²) in [5.41, 5.74) is 2.10. The predicted molar refractivity (Wildman–Crippen MR) is 63.2 cm³/mol. The van der Waals surface area contributed by atoms with Crippen molar-refractivity contribution in [1.29, 1.82) is 5.26 Å². The Labute approximate surface area is 109 Å². The van der Waals surface area contributed by atoms with Gasteiger partial charge in [0.1, 0.15) is 11.6 Å². The van der Waals surface area contributed by atoms with Crippen LogP contribution in [0.2, 0.25) is 0 Å². The molecule has 0 saturated heterocycles. The average molecular weight is 348 g/mol. The first-order valence-electron chi connectivity index (χ1n) is 4.04. The van der Waals surface area contributed by atoms with E-state index in [-0.39, 0.29) is 16.4 Å². The minimum Gasteiger partial charge on any atom is -0.463 e. The van der Waals surface area contributed by atoms with E-state index in [4.69, 9.17) is 15.5 Å². The number of hydrogen-bond donors (Lipinski definition) is 3. The summed E-state index contributed by atoms with van der Waals surface area (Å²) >= 11 is 1.85. The Bertz CT molecular complexity index is 499. The molecule has 1 heterocycles. The molecule has 0 spiro atoms. The van der Waals surface area contributed by atoms with Gasteiger partial charge in [0.2, 0.25) is 0 Å². The Kier molecular flexibility index (Phi) is 4.05. The van der Waals surface area contributed by atoms with E-state index in [1.807, 2.05) is 28.0 Å². The van der Waals surface area contributed by atoms with E-state index >= 15 is 0 Å². The maximum Gasteiger partial charge on any atom is 0.436 e. The summed E-state index contributed by atoms with van der Waals surface area (Å²) in [6.07, 6.45) is -2.11. The van der Waals surface area contributed by atoms with Crippen LogP contribution in [-0.2, 0) is 0 Å². The summed E-state index contributed by atoms with van der Waals surface area (Å²) in [6.45, 7) is 0. The smallest absolute Gasteiger partial charge is 0.436 e. The number of anilines is 1. The summed E-state index contributed by atoms with van der Waals surface area (Å²) < 4.78 is 0.526. The second-order valence-electron chi connectivity index (χ2n) is 2.64. The first-order valence-corrected chi connectivity index (χ1v) is 5.12. The Morgan fingerprint density at radius 3 is 2.53 bits per heavy atom. The van der Waals surface area contributed by atoms with Gasteiger partial charge in [-0.15, -0.1) is 5.01 Å². The monoisotopic (exact) mass is 348 g/mol. The molecule has 0 fully saturated rings. The molecule has 0 bridgehead atoms. The van der Waals surface area contributed by atoms with Crippen LogP contribution in [0, 0.1) is 14.9 Å². The fraction of sp³-hybridized carbons (Fsp3) is 0. The van der Waals surface area contributed by atoms with E-state index in [0.29, 0.717) is 3.57 Å². The third kappa shape index (κ3) is 2.94. The second kappa shape index (κ2) is 5.30. The number of hydrogen-bond acceptors (Lipinski definition) is 5. The number of nitrogens with one attached hydrogen (secondary N) is 1. The van der Waals surface area contributed by atoms with Gasteiger partial charge in [-0.1, -0.05) is 0 Å². The van der Waals surface area contributed by atoms with Crippen molar-refractivity contribution in [3.05, 3.63) is 21.4 Å². The fourth-order valence-corrected chi connectivity index (χ4v) is 1.45. The third-order valence-corrected chi connectivity index (χ3v) is 2.51. The van der Waals surface area contributed by atoms with Gasteiger partial charge in [0.05, 0.1) is 0 Å². The van der Waals surface area contributed by atoms with Crippen LogP contribution in [0.4, 0.5) is 15.4 Å². The predicted octanol–water partition coefficient (Wildman–Crippen LogP) is 1.54. The zero-order chi connectivity index (χ0) is 13.0. The minimum absolute atomic E-state index is 0.0700. The molecule has 88 valence electrons. The average Bonchev–Trinajstić information content (AvgIpc) is 2.25. The quantitative estimate of drug-likeness (QED) is 0.547. The van der Waals surface area contributed by atoms with Crippen LogP contribution in [0.3, 0.4) is 0 Å². The van der Waals surface area contributed by atoms with Gasteiger partial charge in [0.15, 0.2) is 5.82 Å². The molecule has 0 radical (unpaired) electrons. The standard InChI is InChI=1S/C8H5IN4O4/c9-5-1-2-11-6(4(5)3-10)12-13(7(14)15)8(16)17/h1-2H,(H,11,12)(H,14,15)(H,16,17). The number of pyridine rings is 1. The van der Waals surface area contributed by atoms with Crippen LogP contribution < -0.4 is 5.43 Å². The molecule has 0 aliphatic rings. The highest BCUT2D eigenvalue weighted by molar-refractivity contribution is 14.1. The summed E-state index contributed by atoms with van der Waals surface area (Å²) in [5, 5.41) is 26.0. The number of aromatic nitrogens is 1. The number of imide groups is 1. The minimum atomic E-state index is -1.72. The summed E-state index contributed by atoms with van der Waals surface area (Å²) in [4.78, 5) is 24.9. The molecule has 0 saturated carbocycles. The first-order chi connectivity index (χ1) is 7.97. The van der Waals surface area contributed by atoms with Crippen molar-refractivity contribution < 1.29 is 19.8 Å². The molecule has 3 N–H and O–H groups in total. The lowest BCUT2D eigenvalue weighted by Crippen LogP contribution is -2.39. The molecule has 0 atom stereocenters. The number of nitriles is 1. The number of carbonyl (C=O) groups is 2. The number of rotatable bonds is 2. The Morgan fingerprint density at radius 2 is 2.06 bits per heavy atom. The molecule has 2 amide bonds. The second-order valence-corrected chi connectivity index (χ2v) is 3.80. The van der Waals surface area contributed by atoms with Crippen LogP contribution in [-0.4, -0.2) is 32.4 Å². The van der Waals surface area contributed by atoms with Crippen LogP contribution in [0.1, 0.15) is 5.56 Å². The van der Waals surface area contributed by atoms with E-state index in [1.165, 1.54) is 12.3 Å². The van der Waals surface area contributed by atoms with Crippen LogP contribution >= 0.6 is 22.6 Å². The number of amides is 2. The Hall–Kier alpha value is -2.09. The summed E-state index contributed by atoms with van der Waals surface area (Å²) in [7, 11) is 0. The van der Waals surface area contributed by atoms with Crippen molar-refractivity contribution >= 4 is 40.6 Å². The van der Waals surface area contributed by atoms with Gasteiger partial charge in [0, 0.05) is 9.77 Å². The van der Waals surface area contributed by atoms with Crippen molar-refractivity contribution in [2.75, 3.05) is 5.43 Å². The van der Waals surface area contributed by atoms with Gasteiger partial charge >= 0.3 is 12.2 Å². The number of hydrazine groups is 1. The highest BCUT2D eigenvalue weighted by Gasteiger charge is 2.22. The lowest BCUT2D eigenvalue weighted by atomic mass is 10.3. The molecule has 8 nitrogen and oxygen atoms in total. The SMILES string of the molecule is N#Cc1c(I)ccnc1NN(C(=O)O)C(=O)O. The van der Waals surface area contributed by atoms with Gasteiger partial charge in [0.25, 0.3) is 0 Å². The molecular weight excluding hydrogens is 343 g/mol.